The van der Waals surface area contributed by atoms with Gasteiger partial charge in [0.25, 0.3) is 5.69 Å². The maximum Gasteiger partial charge on any atom is 0.294 e. The Morgan fingerprint density at radius 3 is 2.88 bits per heavy atom. The van der Waals surface area contributed by atoms with Crippen molar-refractivity contribution in [2.75, 3.05) is 11.1 Å². The first-order chi connectivity index (χ1) is 11.5. The Bertz CT molecular complexity index is 895. The number of anilines is 1. The number of nitrogens with zero attached hydrogens (tertiary/aromatic N) is 2. The average molecular weight is 363 g/mol. The predicted molar refractivity (Wildman–Crippen MR) is 93.6 cm³/mol. The molecule has 0 aliphatic heterocycles. The minimum absolute atomic E-state index is 0.0691. The molecule has 3 aromatic rings. The van der Waals surface area contributed by atoms with Gasteiger partial charge in [0.2, 0.25) is 5.91 Å². The van der Waals surface area contributed by atoms with Crippen molar-refractivity contribution in [2.45, 2.75) is 5.16 Å². The van der Waals surface area contributed by atoms with Crippen LogP contribution in [-0.2, 0) is 4.79 Å². The molecule has 9 heteroatoms. The number of nitro benzene ring substituents is 1. The first kappa shape index (κ1) is 16.3. The summed E-state index contributed by atoms with van der Waals surface area (Å²) in [5.74, 6) is -0.301. The SMILES string of the molecule is O=C(CSc1nc2ccccc2[nH]1)Nc1ccc(Cl)cc1[N+](=O)[O-]. The molecule has 24 heavy (non-hydrogen) atoms. The number of imidazole rings is 1. The molecule has 0 spiro atoms. The number of rotatable bonds is 5. The van der Waals surface area contributed by atoms with Crippen LogP contribution in [0.25, 0.3) is 11.0 Å². The zero-order valence-corrected chi connectivity index (χ0v) is 13.7. The number of para-hydroxylation sites is 2. The summed E-state index contributed by atoms with van der Waals surface area (Å²) >= 11 is 6.96. The number of carbonyl (C=O) groups excluding carboxylic acids is 1. The maximum absolute atomic E-state index is 12.0. The second-order valence-electron chi connectivity index (χ2n) is 4.81. The fraction of sp³-hybridized carbons (Fsp3) is 0.0667. The highest BCUT2D eigenvalue weighted by Gasteiger charge is 2.17. The molecule has 2 aromatic carbocycles. The molecule has 1 heterocycles. The molecule has 122 valence electrons. The number of nitro groups is 1. The molecule has 0 saturated carbocycles. The van der Waals surface area contributed by atoms with Gasteiger partial charge in [0.15, 0.2) is 5.16 Å². The Morgan fingerprint density at radius 2 is 2.12 bits per heavy atom. The highest BCUT2D eigenvalue weighted by atomic mass is 35.5. The van der Waals surface area contributed by atoms with Crippen LogP contribution in [0.1, 0.15) is 0 Å². The van der Waals surface area contributed by atoms with Gasteiger partial charge in [-0.1, -0.05) is 35.5 Å². The number of carbonyl (C=O) groups is 1. The second kappa shape index (κ2) is 6.90. The van der Waals surface area contributed by atoms with E-state index >= 15 is 0 Å². The summed E-state index contributed by atoms with van der Waals surface area (Å²) < 4.78 is 0. The number of hydrogen-bond donors (Lipinski definition) is 2. The Balaban J connectivity index is 1.66. The van der Waals surface area contributed by atoms with E-state index in [2.05, 4.69) is 15.3 Å². The van der Waals surface area contributed by atoms with Crippen molar-refractivity contribution in [3.05, 3.63) is 57.6 Å². The van der Waals surface area contributed by atoms with E-state index in [9.17, 15) is 14.9 Å². The molecule has 0 radical (unpaired) electrons. The summed E-state index contributed by atoms with van der Waals surface area (Å²) in [5, 5.41) is 14.4. The zero-order valence-electron chi connectivity index (χ0n) is 12.2. The molecular formula is C15H11ClN4O3S. The number of aromatic amines is 1. The van der Waals surface area contributed by atoms with Crippen LogP contribution in [0.3, 0.4) is 0 Å². The number of benzene rings is 2. The Labute approximate surface area is 145 Å². The van der Waals surface area contributed by atoms with Crippen molar-refractivity contribution < 1.29 is 9.72 Å². The standard InChI is InChI=1S/C15H11ClN4O3S/c16-9-5-6-12(13(7-9)20(22)23)17-14(21)8-24-15-18-10-3-1-2-4-11(10)19-15/h1-7H,8H2,(H,17,21)(H,18,19). The lowest BCUT2D eigenvalue weighted by molar-refractivity contribution is -0.383. The highest BCUT2D eigenvalue weighted by molar-refractivity contribution is 7.99. The first-order valence-electron chi connectivity index (χ1n) is 6.84. The predicted octanol–water partition coefficient (Wildman–Crippen LogP) is 3.86. The Hall–Kier alpha value is -2.58. The lowest BCUT2D eigenvalue weighted by Gasteiger charge is -2.05. The van der Waals surface area contributed by atoms with E-state index in [1.165, 1.54) is 30.0 Å². The summed E-state index contributed by atoms with van der Waals surface area (Å²) in [6, 6.07) is 11.6. The number of fused-ring (bicyclic) bond motifs is 1. The van der Waals surface area contributed by atoms with E-state index in [4.69, 9.17) is 11.6 Å². The lowest BCUT2D eigenvalue weighted by atomic mass is 10.2. The molecule has 0 fully saturated rings. The normalized spacial score (nSPS) is 10.7. The molecule has 1 aromatic heterocycles. The van der Waals surface area contributed by atoms with E-state index in [1.54, 1.807) is 0 Å². The monoisotopic (exact) mass is 362 g/mol. The summed E-state index contributed by atoms with van der Waals surface area (Å²) in [4.78, 5) is 29.9. The number of H-pyrrole nitrogens is 1. The van der Waals surface area contributed by atoms with Crippen LogP contribution in [0, 0.1) is 10.1 Å². The van der Waals surface area contributed by atoms with Crippen molar-refractivity contribution in [1.29, 1.82) is 0 Å². The average Bonchev–Trinajstić information content (AvgIpc) is 2.97. The van der Waals surface area contributed by atoms with Crippen LogP contribution < -0.4 is 5.32 Å². The number of hydrogen-bond acceptors (Lipinski definition) is 5. The number of aromatic nitrogens is 2. The van der Waals surface area contributed by atoms with Gasteiger partial charge in [-0.3, -0.25) is 14.9 Å². The van der Waals surface area contributed by atoms with E-state index in [0.29, 0.717) is 5.16 Å². The first-order valence-corrected chi connectivity index (χ1v) is 8.20. The van der Waals surface area contributed by atoms with E-state index in [0.717, 1.165) is 11.0 Å². The van der Waals surface area contributed by atoms with Crippen LogP contribution in [0.15, 0.2) is 47.6 Å². The molecule has 0 aliphatic carbocycles. The molecule has 0 atom stereocenters. The Kier molecular flexibility index (Phi) is 4.68. The van der Waals surface area contributed by atoms with Crippen molar-refractivity contribution >= 4 is 51.7 Å². The quantitative estimate of drug-likeness (QED) is 0.407. The van der Waals surface area contributed by atoms with E-state index in [1.807, 2.05) is 24.3 Å². The number of amides is 1. The van der Waals surface area contributed by atoms with Crippen LogP contribution in [0.5, 0.6) is 0 Å². The molecule has 0 bridgehead atoms. The third kappa shape index (κ3) is 3.66. The molecule has 0 unspecified atom stereocenters. The zero-order chi connectivity index (χ0) is 17.1. The van der Waals surface area contributed by atoms with E-state index < -0.39 is 4.92 Å². The van der Waals surface area contributed by atoms with Crippen molar-refractivity contribution in [2.24, 2.45) is 0 Å². The molecule has 1 amide bonds. The fourth-order valence-electron chi connectivity index (χ4n) is 2.08. The number of halogens is 1. The number of thioether (sulfide) groups is 1. The van der Waals surface area contributed by atoms with Crippen LogP contribution in [0.2, 0.25) is 5.02 Å². The van der Waals surface area contributed by atoms with Crippen molar-refractivity contribution in [1.82, 2.24) is 9.97 Å². The van der Waals surface area contributed by atoms with Gasteiger partial charge in [0, 0.05) is 11.1 Å². The van der Waals surface area contributed by atoms with Gasteiger partial charge in [-0.15, -0.1) is 0 Å². The topological polar surface area (TPSA) is 101 Å². The molecule has 7 nitrogen and oxygen atoms in total. The van der Waals surface area contributed by atoms with Gasteiger partial charge >= 0.3 is 0 Å². The summed E-state index contributed by atoms with van der Waals surface area (Å²) in [5.41, 5.74) is 1.56. The molecule has 3 rings (SSSR count). The highest BCUT2D eigenvalue weighted by Crippen LogP contribution is 2.28. The third-order valence-corrected chi connectivity index (χ3v) is 4.25. The van der Waals surface area contributed by atoms with Crippen molar-refractivity contribution in [3.63, 3.8) is 0 Å². The Morgan fingerprint density at radius 1 is 1.33 bits per heavy atom. The maximum atomic E-state index is 12.0. The minimum atomic E-state index is -0.589. The van der Waals surface area contributed by atoms with Gasteiger partial charge in [-0.05, 0) is 24.3 Å². The van der Waals surface area contributed by atoms with Crippen LogP contribution >= 0.6 is 23.4 Å². The largest absolute Gasteiger partial charge is 0.333 e. The molecule has 2 N–H and O–H groups in total. The number of nitrogens with one attached hydrogen (secondary N) is 2. The van der Waals surface area contributed by atoms with Gasteiger partial charge in [-0.25, -0.2) is 4.98 Å². The van der Waals surface area contributed by atoms with E-state index in [-0.39, 0.29) is 28.1 Å². The minimum Gasteiger partial charge on any atom is -0.333 e. The van der Waals surface area contributed by atoms with Gasteiger partial charge in [0.05, 0.1) is 21.7 Å². The summed E-state index contributed by atoms with van der Waals surface area (Å²) in [6.07, 6.45) is 0. The van der Waals surface area contributed by atoms with Gasteiger partial charge < -0.3 is 10.3 Å². The van der Waals surface area contributed by atoms with Gasteiger partial charge in [-0.2, -0.15) is 0 Å². The smallest absolute Gasteiger partial charge is 0.294 e. The molecule has 0 saturated heterocycles. The lowest BCUT2D eigenvalue weighted by Crippen LogP contribution is -2.15. The van der Waals surface area contributed by atoms with Crippen LogP contribution in [0.4, 0.5) is 11.4 Å². The third-order valence-electron chi connectivity index (χ3n) is 3.14. The summed E-state index contributed by atoms with van der Waals surface area (Å²) in [7, 11) is 0. The van der Waals surface area contributed by atoms with Gasteiger partial charge in [0.1, 0.15) is 5.69 Å². The fourth-order valence-corrected chi connectivity index (χ4v) is 2.93. The second-order valence-corrected chi connectivity index (χ2v) is 6.22. The molecule has 0 aliphatic rings. The molecular weight excluding hydrogens is 352 g/mol. The summed E-state index contributed by atoms with van der Waals surface area (Å²) in [6.45, 7) is 0. The van der Waals surface area contributed by atoms with Crippen molar-refractivity contribution in [3.8, 4) is 0 Å². The van der Waals surface area contributed by atoms with Crippen LogP contribution in [-0.4, -0.2) is 26.6 Å².